The van der Waals surface area contributed by atoms with Crippen molar-refractivity contribution in [3.05, 3.63) is 65.2 Å². The van der Waals surface area contributed by atoms with Crippen LogP contribution >= 0.6 is 0 Å². The highest BCUT2D eigenvalue weighted by Crippen LogP contribution is 2.16. The van der Waals surface area contributed by atoms with Crippen molar-refractivity contribution in [3.8, 4) is 5.75 Å². The first-order valence-corrected chi connectivity index (χ1v) is 9.06. The van der Waals surface area contributed by atoms with Gasteiger partial charge < -0.3 is 19.9 Å². The minimum absolute atomic E-state index is 0.154. The molecule has 2 rings (SSSR count). The second kappa shape index (κ2) is 10.6. The number of alkyl halides is 2. The Kier molecular flexibility index (Phi) is 8.19. The molecule has 7 heteroatoms. The number of hydrogen-bond acceptors (Lipinski definition) is 3. The predicted octanol–water partition coefficient (Wildman–Crippen LogP) is 3.56. The molecular formula is C21H28F2N4O. The van der Waals surface area contributed by atoms with Crippen molar-refractivity contribution in [3.63, 3.8) is 0 Å². The lowest BCUT2D eigenvalue weighted by atomic mass is 10.1. The number of hydrogen-bond donors (Lipinski definition) is 1. The first kappa shape index (κ1) is 21.6. The normalized spacial score (nSPS) is 11.8. The zero-order valence-electron chi connectivity index (χ0n) is 16.8. The molecule has 1 N–H and O–H groups in total. The molecule has 0 saturated carbocycles. The summed E-state index contributed by atoms with van der Waals surface area (Å²) in [6.07, 6.45) is 0. The van der Waals surface area contributed by atoms with Crippen molar-refractivity contribution in [1.82, 2.24) is 15.1 Å². The molecule has 0 atom stereocenters. The van der Waals surface area contributed by atoms with E-state index in [9.17, 15) is 8.78 Å². The van der Waals surface area contributed by atoms with Gasteiger partial charge in [-0.3, -0.25) is 4.99 Å². The van der Waals surface area contributed by atoms with Crippen LogP contribution in [0.3, 0.4) is 0 Å². The first-order chi connectivity index (χ1) is 13.4. The molecule has 28 heavy (non-hydrogen) atoms. The van der Waals surface area contributed by atoms with Crippen LogP contribution in [-0.4, -0.2) is 50.6 Å². The highest BCUT2D eigenvalue weighted by molar-refractivity contribution is 5.79. The predicted molar refractivity (Wildman–Crippen MR) is 109 cm³/mol. The fourth-order valence-electron chi connectivity index (χ4n) is 2.91. The van der Waals surface area contributed by atoms with Gasteiger partial charge in [-0.25, -0.2) is 0 Å². The van der Waals surface area contributed by atoms with Gasteiger partial charge in [0, 0.05) is 33.7 Å². The van der Waals surface area contributed by atoms with Gasteiger partial charge >= 0.3 is 6.61 Å². The minimum Gasteiger partial charge on any atom is -0.435 e. The molecule has 0 aromatic heterocycles. The van der Waals surface area contributed by atoms with Crippen LogP contribution in [0.25, 0.3) is 0 Å². The Morgan fingerprint density at radius 2 is 1.64 bits per heavy atom. The van der Waals surface area contributed by atoms with Crippen LogP contribution in [0, 0.1) is 0 Å². The molecule has 2 aromatic carbocycles. The van der Waals surface area contributed by atoms with E-state index in [4.69, 9.17) is 0 Å². The molecule has 0 heterocycles. The molecule has 0 aliphatic rings. The van der Waals surface area contributed by atoms with E-state index in [1.54, 1.807) is 31.3 Å². The van der Waals surface area contributed by atoms with Crippen molar-refractivity contribution in [1.29, 1.82) is 0 Å². The minimum atomic E-state index is -2.81. The van der Waals surface area contributed by atoms with Crippen molar-refractivity contribution < 1.29 is 13.5 Å². The van der Waals surface area contributed by atoms with Gasteiger partial charge in [0.05, 0.1) is 0 Å². The van der Waals surface area contributed by atoms with Crippen LogP contribution < -0.4 is 10.1 Å². The van der Waals surface area contributed by atoms with Crippen molar-refractivity contribution in [2.24, 2.45) is 4.99 Å². The fourth-order valence-corrected chi connectivity index (χ4v) is 2.91. The third-order valence-electron chi connectivity index (χ3n) is 4.18. The Bertz CT molecular complexity index is 763. The Balaban J connectivity index is 1.96. The van der Waals surface area contributed by atoms with Gasteiger partial charge in [-0.1, -0.05) is 36.4 Å². The number of nitrogens with zero attached hydrogens (tertiary/aromatic N) is 3. The van der Waals surface area contributed by atoms with E-state index in [0.29, 0.717) is 13.1 Å². The van der Waals surface area contributed by atoms with Gasteiger partial charge in [-0.05, 0) is 42.9 Å². The topological polar surface area (TPSA) is 40.1 Å². The molecule has 0 fully saturated rings. The zero-order chi connectivity index (χ0) is 20.5. The van der Waals surface area contributed by atoms with Crippen molar-refractivity contribution in [2.45, 2.75) is 26.2 Å². The van der Waals surface area contributed by atoms with Crippen molar-refractivity contribution >= 4 is 5.96 Å². The Labute approximate surface area is 165 Å². The molecule has 0 saturated heterocycles. The number of halogens is 2. The van der Waals surface area contributed by atoms with Gasteiger partial charge in [0.25, 0.3) is 0 Å². The van der Waals surface area contributed by atoms with E-state index in [2.05, 4.69) is 46.2 Å². The lowest BCUT2D eigenvalue weighted by molar-refractivity contribution is -0.0498. The number of nitrogens with one attached hydrogen (secondary N) is 1. The van der Waals surface area contributed by atoms with Crippen LogP contribution in [0.15, 0.2) is 53.5 Å². The smallest absolute Gasteiger partial charge is 0.387 e. The van der Waals surface area contributed by atoms with Gasteiger partial charge in [0.1, 0.15) is 5.75 Å². The summed E-state index contributed by atoms with van der Waals surface area (Å²) >= 11 is 0. The van der Waals surface area contributed by atoms with Crippen LogP contribution in [0.4, 0.5) is 8.78 Å². The quantitative estimate of drug-likeness (QED) is 0.553. The van der Waals surface area contributed by atoms with E-state index in [1.807, 2.05) is 24.1 Å². The molecule has 0 aliphatic heterocycles. The third kappa shape index (κ3) is 6.81. The molecule has 2 aromatic rings. The highest BCUT2D eigenvalue weighted by Gasteiger charge is 2.10. The maximum Gasteiger partial charge on any atom is 0.387 e. The van der Waals surface area contributed by atoms with E-state index in [1.165, 1.54) is 11.1 Å². The van der Waals surface area contributed by atoms with Crippen LogP contribution in [0.1, 0.15) is 16.7 Å². The maximum atomic E-state index is 12.2. The summed E-state index contributed by atoms with van der Waals surface area (Å²) in [5, 5.41) is 3.39. The second-order valence-corrected chi connectivity index (χ2v) is 6.79. The summed E-state index contributed by atoms with van der Waals surface area (Å²) in [7, 11) is 7.78. The summed E-state index contributed by atoms with van der Waals surface area (Å²) in [5.74, 6) is 0.911. The number of aliphatic imine (C=N–C) groups is 1. The van der Waals surface area contributed by atoms with Gasteiger partial charge in [-0.15, -0.1) is 0 Å². The fraction of sp³-hybridized carbons (Fsp3) is 0.381. The van der Waals surface area contributed by atoms with Crippen LogP contribution in [0.5, 0.6) is 5.75 Å². The zero-order valence-corrected chi connectivity index (χ0v) is 16.8. The molecule has 0 spiro atoms. The van der Waals surface area contributed by atoms with E-state index >= 15 is 0 Å². The summed E-state index contributed by atoms with van der Waals surface area (Å²) in [5.41, 5.74) is 3.46. The SMILES string of the molecule is CN=C(NCc1ccccc1CN(C)C)N(C)Cc1ccc(OC(F)F)cc1. The number of benzene rings is 2. The lowest BCUT2D eigenvalue weighted by Gasteiger charge is -2.23. The summed E-state index contributed by atoms with van der Waals surface area (Å²) < 4.78 is 28.9. The summed E-state index contributed by atoms with van der Waals surface area (Å²) in [4.78, 5) is 8.47. The molecule has 5 nitrogen and oxygen atoms in total. The lowest BCUT2D eigenvalue weighted by Crippen LogP contribution is -2.38. The van der Waals surface area contributed by atoms with Gasteiger partial charge in [0.15, 0.2) is 5.96 Å². The van der Waals surface area contributed by atoms with E-state index in [0.717, 1.165) is 18.1 Å². The summed E-state index contributed by atoms with van der Waals surface area (Å²) in [6.45, 7) is -0.679. The molecular weight excluding hydrogens is 362 g/mol. The highest BCUT2D eigenvalue weighted by atomic mass is 19.3. The Hall–Kier alpha value is -2.67. The van der Waals surface area contributed by atoms with Crippen LogP contribution in [0.2, 0.25) is 0 Å². The number of rotatable bonds is 8. The standard InChI is InChI=1S/C21H28F2N4O/c1-24-21(25-13-17-7-5-6-8-18(17)15-26(2)3)27(4)14-16-9-11-19(12-10-16)28-20(22)23/h5-12,20H,13-15H2,1-4H3,(H,24,25). The molecule has 152 valence electrons. The number of ether oxygens (including phenoxy) is 1. The molecule has 0 aliphatic carbocycles. The maximum absolute atomic E-state index is 12.2. The molecule has 0 radical (unpaired) electrons. The second-order valence-electron chi connectivity index (χ2n) is 6.79. The molecule has 0 unspecified atom stereocenters. The largest absolute Gasteiger partial charge is 0.435 e. The van der Waals surface area contributed by atoms with Gasteiger partial charge in [0.2, 0.25) is 0 Å². The average molecular weight is 390 g/mol. The Morgan fingerprint density at radius 1 is 1.00 bits per heavy atom. The molecule has 0 amide bonds. The van der Waals surface area contributed by atoms with E-state index in [-0.39, 0.29) is 5.75 Å². The third-order valence-corrected chi connectivity index (χ3v) is 4.18. The number of guanidine groups is 1. The van der Waals surface area contributed by atoms with Crippen molar-refractivity contribution in [2.75, 3.05) is 28.2 Å². The van der Waals surface area contributed by atoms with Crippen LogP contribution in [-0.2, 0) is 19.6 Å². The average Bonchev–Trinajstić information content (AvgIpc) is 2.64. The van der Waals surface area contributed by atoms with E-state index < -0.39 is 6.61 Å². The van der Waals surface area contributed by atoms with Gasteiger partial charge in [-0.2, -0.15) is 8.78 Å². The summed E-state index contributed by atoms with van der Waals surface area (Å²) in [6, 6.07) is 15.0. The first-order valence-electron chi connectivity index (χ1n) is 9.06. The monoisotopic (exact) mass is 390 g/mol. The Morgan fingerprint density at radius 3 is 2.21 bits per heavy atom. The molecule has 0 bridgehead atoms.